The number of sulfonamides is 1. The number of hydrogen-bond donors (Lipinski definition) is 2. The van der Waals surface area contributed by atoms with Gasteiger partial charge in [0.25, 0.3) is 0 Å². The lowest BCUT2D eigenvalue weighted by Crippen LogP contribution is -2.46. The summed E-state index contributed by atoms with van der Waals surface area (Å²) < 4.78 is 28.3. The topological polar surface area (TPSA) is 75.4 Å². The number of nitrogens with zero attached hydrogens (tertiary/aromatic N) is 1. The van der Waals surface area contributed by atoms with Crippen LogP contribution in [-0.4, -0.2) is 38.5 Å². The zero-order valence-corrected chi connectivity index (χ0v) is 13.2. The van der Waals surface area contributed by atoms with Crippen LogP contribution < -0.4 is 10.5 Å². The van der Waals surface area contributed by atoms with Crippen molar-refractivity contribution in [2.45, 2.75) is 49.6 Å². The molecule has 0 radical (unpaired) electrons. The van der Waals surface area contributed by atoms with Crippen LogP contribution in [0.15, 0.2) is 23.1 Å². The van der Waals surface area contributed by atoms with E-state index in [0.29, 0.717) is 17.3 Å². The first-order chi connectivity index (χ1) is 9.99. The van der Waals surface area contributed by atoms with Gasteiger partial charge in [-0.05, 0) is 44.4 Å². The number of anilines is 1. The van der Waals surface area contributed by atoms with Gasteiger partial charge in [0.2, 0.25) is 10.0 Å². The molecule has 0 saturated carbocycles. The second kappa shape index (κ2) is 5.59. The molecule has 2 atom stereocenters. The molecule has 3 rings (SSSR count). The van der Waals surface area contributed by atoms with Crippen LogP contribution >= 0.6 is 0 Å². The fourth-order valence-corrected chi connectivity index (χ4v) is 5.35. The molecule has 0 amide bonds. The minimum absolute atomic E-state index is 0.00862. The zero-order chi connectivity index (χ0) is 15.0. The predicted octanol–water partition coefficient (Wildman–Crippen LogP) is 1.48. The smallest absolute Gasteiger partial charge is 0.243 e. The molecule has 2 saturated heterocycles. The normalized spacial score (nSPS) is 26.7. The summed E-state index contributed by atoms with van der Waals surface area (Å²) in [5, 5.41) is 0. The molecule has 3 N–H and O–H groups in total. The lowest BCUT2D eigenvalue weighted by atomic mass is 10.00. The van der Waals surface area contributed by atoms with Gasteiger partial charge in [-0.3, -0.25) is 4.90 Å². The summed E-state index contributed by atoms with van der Waals surface area (Å²) in [5.74, 6) is 0. The van der Waals surface area contributed by atoms with Crippen LogP contribution in [0.1, 0.15) is 31.2 Å². The first-order valence-corrected chi connectivity index (χ1v) is 9.09. The molecule has 21 heavy (non-hydrogen) atoms. The molecule has 0 spiro atoms. The Morgan fingerprint density at radius 1 is 1.24 bits per heavy atom. The van der Waals surface area contributed by atoms with E-state index in [4.69, 9.17) is 5.73 Å². The predicted molar refractivity (Wildman–Crippen MR) is 83.5 cm³/mol. The molecule has 0 bridgehead atoms. The number of rotatable bonds is 3. The summed E-state index contributed by atoms with van der Waals surface area (Å²) in [4.78, 5) is 2.65. The highest BCUT2D eigenvalue weighted by Crippen LogP contribution is 2.29. The van der Waals surface area contributed by atoms with Crippen LogP contribution in [0.3, 0.4) is 0 Å². The summed E-state index contributed by atoms with van der Waals surface area (Å²) in [6.07, 6.45) is 4.37. The third-order valence-corrected chi connectivity index (χ3v) is 6.38. The van der Waals surface area contributed by atoms with E-state index in [1.807, 2.05) is 0 Å². The number of hydrogen-bond acceptors (Lipinski definition) is 4. The molecule has 6 heteroatoms. The summed E-state index contributed by atoms with van der Waals surface area (Å²) in [5.41, 5.74) is 6.90. The highest BCUT2D eigenvalue weighted by atomic mass is 32.2. The van der Waals surface area contributed by atoms with Gasteiger partial charge in [-0.15, -0.1) is 0 Å². The van der Waals surface area contributed by atoms with Crippen LogP contribution in [0.4, 0.5) is 5.69 Å². The number of nitrogens with two attached hydrogens (primary N) is 1. The van der Waals surface area contributed by atoms with Gasteiger partial charge in [0.15, 0.2) is 0 Å². The molecule has 2 heterocycles. The average molecular weight is 309 g/mol. The van der Waals surface area contributed by atoms with E-state index in [1.54, 1.807) is 25.1 Å². The Balaban J connectivity index is 1.84. The summed E-state index contributed by atoms with van der Waals surface area (Å²) >= 11 is 0. The lowest BCUT2D eigenvalue weighted by Gasteiger charge is -2.32. The van der Waals surface area contributed by atoms with Crippen molar-refractivity contribution in [1.82, 2.24) is 9.62 Å². The molecule has 5 nitrogen and oxygen atoms in total. The Labute approximate surface area is 126 Å². The number of nitrogen functional groups attached to an aromatic ring is 1. The number of piperidine rings is 1. The molecule has 1 aromatic carbocycles. The standard InChI is InChI=1S/C15H23N3O2S/c1-11-5-4-6-12(16)15(11)21(19,20)17-13-8-10-18-9-3-2-7-14(13)18/h4-6,13-14,17H,2-3,7-10,16H2,1H3. The monoisotopic (exact) mass is 309 g/mol. The van der Waals surface area contributed by atoms with Crippen molar-refractivity contribution in [3.8, 4) is 0 Å². The molecule has 2 aliphatic heterocycles. The third-order valence-electron chi connectivity index (χ3n) is 4.67. The Hall–Kier alpha value is -1.11. The second-order valence-corrected chi connectivity index (χ2v) is 7.76. The third kappa shape index (κ3) is 2.80. The summed E-state index contributed by atoms with van der Waals surface area (Å²) in [7, 11) is -3.56. The fourth-order valence-electron chi connectivity index (χ4n) is 3.69. The SMILES string of the molecule is Cc1cccc(N)c1S(=O)(=O)NC1CCN2CCCCC12. The van der Waals surface area contributed by atoms with Crippen LogP contribution in [-0.2, 0) is 10.0 Å². The molecule has 2 aliphatic rings. The molecule has 2 unspecified atom stereocenters. The molecule has 116 valence electrons. The number of aryl methyl sites for hydroxylation is 1. The second-order valence-electron chi connectivity index (χ2n) is 6.11. The van der Waals surface area contributed by atoms with Crippen molar-refractivity contribution in [2.75, 3.05) is 18.8 Å². The lowest BCUT2D eigenvalue weighted by molar-refractivity contribution is 0.186. The van der Waals surface area contributed by atoms with Gasteiger partial charge >= 0.3 is 0 Å². The Bertz CT molecular complexity index is 610. The minimum atomic E-state index is -3.56. The van der Waals surface area contributed by atoms with E-state index in [2.05, 4.69) is 9.62 Å². The highest BCUT2D eigenvalue weighted by Gasteiger charge is 2.38. The maximum absolute atomic E-state index is 12.7. The minimum Gasteiger partial charge on any atom is -0.398 e. The van der Waals surface area contributed by atoms with Gasteiger partial charge in [-0.25, -0.2) is 13.1 Å². The van der Waals surface area contributed by atoms with Crippen molar-refractivity contribution in [3.63, 3.8) is 0 Å². The maximum atomic E-state index is 12.7. The van der Waals surface area contributed by atoms with E-state index in [0.717, 1.165) is 25.9 Å². The van der Waals surface area contributed by atoms with Gasteiger partial charge in [-0.2, -0.15) is 0 Å². The van der Waals surface area contributed by atoms with Crippen molar-refractivity contribution in [3.05, 3.63) is 23.8 Å². The molecule has 0 aromatic heterocycles. The summed E-state index contributed by atoms with van der Waals surface area (Å²) in [6.45, 7) is 3.86. The van der Waals surface area contributed by atoms with Gasteiger partial charge in [0.05, 0.1) is 5.69 Å². The summed E-state index contributed by atoms with van der Waals surface area (Å²) in [6, 6.07) is 5.56. The molecular formula is C15H23N3O2S. The highest BCUT2D eigenvalue weighted by molar-refractivity contribution is 7.89. The largest absolute Gasteiger partial charge is 0.398 e. The van der Waals surface area contributed by atoms with Crippen LogP contribution in [0, 0.1) is 6.92 Å². The van der Waals surface area contributed by atoms with Crippen molar-refractivity contribution >= 4 is 15.7 Å². The quantitative estimate of drug-likeness (QED) is 0.829. The van der Waals surface area contributed by atoms with Crippen molar-refractivity contribution in [2.24, 2.45) is 0 Å². The van der Waals surface area contributed by atoms with Gasteiger partial charge < -0.3 is 5.73 Å². The van der Waals surface area contributed by atoms with Crippen LogP contribution in [0.2, 0.25) is 0 Å². The Morgan fingerprint density at radius 2 is 2.05 bits per heavy atom. The molecule has 1 aromatic rings. The molecule has 0 aliphatic carbocycles. The van der Waals surface area contributed by atoms with E-state index in [-0.39, 0.29) is 10.9 Å². The number of benzene rings is 1. The molecular weight excluding hydrogens is 286 g/mol. The van der Waals surface area contributed by atoms with Crippen LogP contribution in [0.5, 0.6) is 0 Å². The maximum Gasteiger partial charge on any atom is 0.243 e. The first-order valence-electron chi connectivity index (χ1n) is 7.60. The number of nitrogens with one attached hydrogen (secondary N) is 1. The van der Waals surface area contributed by atoms with Crippen molar-refractivity contribution in [1.29, 1.82) is 0 Å². The number of fused-ring (bicyclic) bond motifs is 1. The Morgan fingerprint density at radius 3 is 2.81 bits per heavy atom. The Kier molecular flexibility index (Phi) is 3.94. The first kappa shape index (κ1) is 14.8. The van der Waals surface area contributed by atoms with Gasteiger partial charge in [-0.1, -0.05) is 18.6 Å². The van der Waals surface area contributed by atoms with E-state index in [9.17, 15) is 8.42 Å². The van der Waals surface area contributed by atoms with Crippen LogP contribution in [0.25, 0.3) is 0 Å². The van der Waals surface area contributed by atoms with Gasteiger partial charge in [0, 0.05) is 18.6 Å². The van der Waals surface area contributed by atoms with E-state index >= 15 is 0 Å². The van der Waals surface area contributed by atoms with Crippen molar-refractivity contribution < 1.29 is 8.42 Å². The molecule has 2 fully saturated rings. The van der Waals surface area contributed by atoms with E-state index in [1.165, 1.54) is 12.8 Å². The zero-order valence-electron chi connectivity index (χ0n) is 12.4. The van der Waals surface area contributed by atoms with Gasteiger partial charge in [0.1, 0.15) is 4.90 Å². The fraction of sp³-hybridized carbons (Fsp3) is 0.600. The van der Waals surface area contributed by atoms with E-state index < -0.39 is 10.0 Å². The average Bonchev–Trinajstić information content (AvgIpc) is 2.81.